The van der Waals surface area contributed by atoms with E-state index in [2.05, 4.69) is 5.21 Å². The number of nitro benzene ring substituents is 3. The number of benzene rings is 4. The average molecular weight is 601 g/mol. The zero-order chi connectivity index (χ0) is 30.8. The van der Waals surface area contributed by atoms with Crippen LogP contribution in [0.15, 0.2) is 91.0 Å². The second kappa shape index (κ2) is 11.5. The Morgan fingerprint density at radius 2 is 1.37 bits per heavy atom. The predicted octanol–water partition coefficient (Wildman–Crippen LogP) is 4.32. The normalized spacial score (nSPS) is 11.7. The van der Waals surface area contributed by atoms with Crippen LogP contribution in [0.4, 0.5) is 17.1 Å². The maximum atomic E-state index is 14.1. The van der Waals surface area contributed by atoms with E-state index in [1.165, 1.54) is 35.0 Å². The van der Waals surface area contributed by atoms with E-state index >= 15 is 0 Å². The summed E-state index contributed by atoms with van der Waals surface area (Å²) in [4.78, 5) is 45.9. The fourth-order valence-corrected chi connectivity index (χ4v) is 4.61. The quantitative estimate of drug-likeness (QED) is 0.0591. The molecule has 15 heteroatoms. The third kappa shape index (κ3) is 5.49. The van der Waals surface area contributed by atoms with Gasteiger partial charge in [-0.05, 0) is 35.6 Å². The van der Waals surface area contributed by atoms with Crippen molar-refractivity contribution in [2.75, 3.05) is 0 Å². The lowest BCUT2D eigenvalue weighted by Crippen LogP contribution is -2.41. The minimum atomic E-state index is -1.07. The van der Waals surface area contributed by atoms with Gasteiger partial charge in [0.05, 0.1) is 32.1 Å². The molecule has 14 nitrogen and oxygen atoms in total. The van der Waals surface area contributed by atoms with Crippen LogP contribution in [0.3, 0.4) is 0 Å². The van der Waals surface area contributed by atoms with Gasteiger partial charge in [-0.3, -0.25) is 35.1 Å². The zero-order valence-electron chi connectivity index (χ0n) is 21.7. The summed E-state index contributed by atoms with van der Waals surface area (Å²) in [6.07, 6.45) is 0. The van der Waals surface area contributed by atoms with Crippen LogP contribution in [-0.4, -0.2) is 30.4 Å². The molecule has 0 amide bonds. The standard InChI is InChI=1S/C28H17ClN6O8/c29-19-12-10-18(11-13-19)28(37)27(26-23(34(40)41)14-20(33(38)39)15-24(26)35(42)43)32-22-9-5-4-8-21(22)31(30-32)16-25(36)17-6-2-1-3-7-17/h1-15H,16H2. The molecule has 0 saturated heterocycles. The van der Waals surface area contributed by atoms with Crippen molar-refractivity contribution in [1.82, 2.24) is 9.90 Å². The van der Waals surface area contributed by atoms with Crippen molar-refractivity contribution in [2.24, 2.45) is 0 Å². The number of halogens is 1. The summed E-state index contributed by atoms with van der Waals surface area (Å²) in [6, 6.07) is 21.1. The average Bonchev–Trinajstić information content (AvgIpc) is 3.35. The van der Waals surface area contributed by atoms with Crippen LogP contribution in [0.25, 0.3) is 22.5 Å². The number of para-hydroxylation sites is 2. The molecular formula is C28H17ClN6O8. The highest BCUT2D eigenvalue weighted by Gasteiger charge is 2.38. The van der Waals surface area contributed by atoms with E-state index in [1.54, 1.807) is 48.5 Å². The molecule has 214 valence electrons. The molecule has 0 radical (unpaired) electrons. The molecule has 0 spiro atoms. The molecule has 5 rings (SSSR count). The molecule has 0 aliphatic carbocycles. The SMILES string of the molecule is O=C(C[n+]1nn(/C(=C(/[O-])c2ccc(Cl)cc2)c2c([N+](=O)[O-])cc([N+](=O)[O-])cc2[N+](=O)[O-])c2ccccc21)c1ccccc1. The van der Waals surface area contributed by atoms with Crippen molar-refractivity contribution in [3.8, 4) is 0 Å². The monoisotopic (exact) mass is 600 g/mol. The molecule has 0 fully saturated rings. The highest BCUT2D eigenvalue weighted by molar-refractivity contribution is 6.30. The Labute approximate surface area is 245 Å². The number of fused-ring (bicyclic) bond motifs is 1. The Kier molecular flexibility index (Phi) is 7.60. The number of carbonyl (C=O) groups is 1. The number of Topliss-reactive ketones (excluding diaryl/α,β-unsaturated/α-hetero) is 1. The summed E-state index contributed by atoms with van der Waals surface area (Å²) in [6.45, 7) is -0.315. The van der Waals surface area contributed by atoms with Gasteiger partial charge in [0.15, 0.2) is 23.3 Å². The third-order valence-electron chi connectivity index (χ3n) is 6.43. The Balaban J connectivity index is 1.87. The second-order valence-corrected chi connectivity index (χ2v) is 9.49. The second-order valence-electron chi connectivity index (χ2n) is 9.05. The summed E-state index contributed by atoms with van der Waals surface area (Å²) >= 11 is 5.98. The lowest BCUT2D eigenvalue weighted by molar-refractivity contribution is -0.719. The number of ketones is 1. The maximum Gasteiger partial charge on any atom is 0.294 e. The molecule has 0 bridgehead atoms. The highest BCUT2D eigenvalue weighted by atomic mass is 35.5. The van der Waals surface area contributed by atoms with E-state index in [-0.39, 0.29) is 28.4 Å². The number of aromatic nitrogens is 3. The lowest BCUT2D eigenvalue weighted by Gasteiger charge is -2.17. The minimum Gasteiger partial charge on any atom is -0.869 e. The molecule has 0 N–H and O–H groups in total. The number of rotatable bonds is 9. The fourth-order valence-electron chi connectivity index (χ4n) is 4.49. The van der Waals surface area contributed by atoms with Crippen LogP contribution in [0, 0.1) is 30.3 Å². The zero-order valence-corrected chi connectivity index (χ0v) is 22.5. The smallest absolute Gasteiger partial charge is 0.294 e. The largest absolute Gasteiger partial charge is 0.869 e. The van der Waals surface area contributed by atoms with Gasteiger partial charge in [0.1, 0.15) is 0 Å². The van der Waals surface area contributed by atoms with Gasteiger partial charge < -0.3 is 5.11 Å². The Bertz CT molecular complexity index is 1940. The predicted molar refractivity (Wildman–Crippen MR) is 151 cm³/mol. The van der Waals surface area contributed by atoms with E-state index in [1.807, 2.05) is 0 Å². The topological polar surface area (TPSA) is 191 Å². The van der Waals surface area contributed by atoms with Crippen molar-refractivity contribution in [1.29, 1.82) is 0 Å². The lowest BCUT2D eigenvalue weighted by atomic mass is 10.0. The molecular weight excluding hydrogens is 584 g/mol. The molecule has 1 aromatic heterocycles. The van der Waals surface area contributed by atoms with E-state index in [0.29, 0.717) is 23.2 Å². The number of nitrogens with zero attached hydrogens (tertiary/aromatic N) is 6. The number of nitro groups is 3. The first-order chi connectivity index (χ1) is 20.6. The maximum absolute atomic E-state index is 14.1. The van der Waals surface area contributed by atoms with Crippen molar-refractivity contribution in [3.05, 3.63) is 143 Å². The van der Waals surface area contributed by atoms with Crippen molar-refractivity contribution >= 4 is 56.9 Å². The summed E-state index contributed by atoms with van der Waals surface area (Å²) in [5, 5.41) is 54.7. The van der Waals surface area contributed by atoms with E-state index < -0.39 is 48.9 Å². The van der Waals surface area contributed by atoms with Gasteiger partial charge in [0.25, 0.3) is 17.1 Å². The van der Waals surface area contributed by atoms with Crippen molar-refractivity contribution in [2.45, 2.75) is 6.54 Å². The van der Waals surface area contributed by atoms with Crippen LogP contribution in [0.2, 0.25) is 5.02 Å². The van der Waals surface area contributed by atoms with Crippen LogP contribution < -0.4 is 9.79 Å². The Morgan fingerprint density at radius 1 is 0.791 bits per heavy atom. The van der Waals surface area contributed by atoms with Gasteiger partial charge >= 0.3 is 0 Å². The van der Waals surface area contributed by atoms with Crippen LogP contribution >= 0.6 is 11.6 Å². The Hall–Kier alpha value is -6.02. The first kappa shape index (κ1) is 28.5. The molecule has 0 saturated carbocycles. The first-order valence-corrected chi connectivity index (χ1v) is 12.7. The minimum absolute atomic E-state index is 0.0622. The van der Waals surface area contributed by atoms with Gasteiger partial charge in [-0.1, -0.05) is 70.9 Å². The number of hydrogen-bond acceptors (Lipinski definition) is 9. The van der Waals surface area contributed by atoms with Crippen molar-refractivity contribution < 1.29 is 29.4 Å². The molecule has 0 atom stereocenters. The van der Waals surface area contributed by atoms with E-state index in [4.69, 9.17) is 11.6 Å². The molecule has 5 aromatic rings. The van der Waals surface area contributed by atoms with Gasteiger partial charge in [-0.2, -0.15) is 0 Å². The van der Waals surface area contributed by atoms with Crippen LogP contribution in [0.1, 0.15) is 21.5 Å². The van der Waals surface area contributed by atoms with Crippen LogP contribution in [0.5, 0.6) is 0 Å². The van der Waals surface area contributed by atoms with Crippen LogP contribution in [-0.2, 0) is 6.54 Å². The summed E-state index contributed by atoms with van der Waals surface area (Å²) in [5.74, 6) is -1.29. The fraction of sp³-hybridized carbons (Fsp3) is 0.0357. The molecule has 0 unspecified atom stereocenters. The van der Waals surface area contributed by atoms with Gasteiger partial charge in [0, 0.05) is 10.6 Å². The number of non-ortho nitro benzene ring substituents is 1. The van der Waals surface area contributed by atoms with Gasteiger partial charge in [0.2, 0.25) is 11.3 Å². The molecule has 1 heterocycles. The van der Waals surface area contributed by atoms with Gasteiger partial charge in [-0.25, -0.2) is 0 Å². The molecule has 0 aliphatic heterocycles. The van der Waals surface area contributed by atoms with Gasteiger partial charge in [-0.15, -0.1) is 4.68 Å². The van der Waals surface area contributed by atoms with Crippen molar-refractivity contribution in [3.63, 3.8) is 0 Å². The molecule has 4 aromatic carbocycles. The summed E-state index contributed by atoms with van der Waals surface area (Å²) in [5.41, 5.74) is -3.70. The molecule has 43 heavy (non-hydrogen) atoms. The number of carbonyl (C=O) groups excluding carboxylic acids is 1. The Morgan fingerprint density at radius 3 is 1.95 bits per heavy atom. The summed E-state index contributed by atoms with van der Waals surface area (Å²) in [7, 11) is 0. The summed E-state index contributed by atoms with van der Waals surface area (Å²) < 4.78 is 2.22. The van der Waals surface area contributed by atoms with E-state index in [0.717, 1.165) is 4.68 Å². The third-order valence-corrected chi connectivity index (χ3v) is 6.68. The highest BCUT2D eigenvalue weighted by Crippen LogP contribution is 2.41. The number of hydrogen-bond donors (Lipinski definition) is 0. The molecule has 0 aliphatic rings. The first-order valence-electron chi connectivity index (χ1n) is 12.3. The van der Waals surface area contributed by atoms with E-state index in [9.17, 15) is 40.2 Å².